The highest BCUT2D eigenvalue weighted by Crippen LogP contribution is 2.17. The molecule has 0 fully saturated rings. The van der Waals surface area contributed by atoms with Crippen molar-refractivity contribution in [2.75, 3.05) is 13.2 Å². The van der Waals surface area contributed by atoms with E-state index in [-0.39, 0.29) is 19.1 Å². The number of likely N-dealkylation sites (N-methyl/N-ethyl adjacent to an activating group) is 1. The molecule has 27 heavy (non-hydrogen) atoms. The van der Waals surface area contributed by atoms with E-state index in [2.05, 4.69) is 16.2 Å². The smallest absolute Gasteiger partial charge is 0.260 e. The molecule has 0 radical (unpaired) electrons. The van der Waals surface area contributed by atoms with E-state index in [1.165, 1.54) is 0 Å². The molecule has 0 saturated heterocycles. The molecule has 1 amide bonds. The van der Waals surface area contributed by atoms with Crippen LogP contribution in [0.15, 0.2) is 53.1 Å². The fourth-order valence-corrected chi connectivity index (χ4v) is 2.82. The number of carbonyl (C=O) groups is 1. The molecule has 0 N–H and O–H groups in total. The van der Waals surface area contributed by atoms with Gasteiger partial charge in [-0.05, 0) is 44.0 Å². The van der Waals surface area contributed by atoms with Gasteiger partial charge >= 0.3 is 0 Å². The van der Waals surface area contributed by atoms with Crippen molar-refractivity contribution in [3.8, 4) is 17.1 Å². The second-order valence-corrected chi connectivity index (χ2v) is 6.40. The van der Waals surface area contributed by atoms with Gasteiger partial charge in [-0.1, -0.05) is 41.6 Å². The SMILES string of the molecule is CCN(Cc1nc(-c2ccccc2)no1)C(=O)COc1cc(C)cc(C)c1. The van der Waals surface area contributed by atoms with Crippen molar-refractivity contribution >= 4 is 5.91 Å². The van der Waals surface area contributed by atoms with Gasteiger partial charge in [-0.15, -0.1) is 0 Å². The molecule has 3 aromatic rings. The number of aryl methyl sites for hydroxylation is 2. The van der Waals surface area contributed by atoms with Gasteiger partial charge < -0.3 is 14.2 Å². The van der Waals surface area contributed by atoms with E-state index in [0.717, 1.165) is 16.7 Å². The molecule has 3 rings (SSSR count). The first-order chi connectivity index (χ1) is 13.0. The summed E-state index contributed by atoms with van der Waals surface area (Å²) in [5.74, 6) is 1.48. The minimum atomic E-state index is -0.129. The van der Waals surface area contributed by atoms with Crippen LogP contribution in [0.4, 0.5) is 0 Å². The largest absolute Gasteiger partial charge is 0.484 e. The van der Waals surface area contributed by atoms with Gasteiger partial charge in [-0.2, -0.15) is 4.98 Å². The fourth-order valence-electron chi connectivity index (χ4n) is 2.82. The van der Waals surface area contributed by atoms with Crippen LogP contribution in [0.25, 0.3) is 11.4 Å². The summed E-state index contributed by atoms with van der Waals surface area (Å²) in [7, 11) is 0. The van der Waals surface area contributed by atoms with Gasteiger partial charge in [0.1, 0.15) is 12.3 Å². The van der Waals surface area contributed by atoms with E-state index < -0.39 is 0 Å². The first-order valence-electron chi connectivity index (χ1n) is 8.92. The normalized spacial score (nSPS) is 10.6. The Kier molecular flexibility index (Phi) is 5.86. The molecule has 0 bridgehead atoms. The van der Waals surface area contributed by atoms with Crippen molar-refractivity contribution in [1.82, 2.24) is 15.0 Å². The minimum Gasteiger partial charge on any atom is -0.484 e. The van der Waals surface area contributed by atoms with Gasteiger partial charge in [0, 0.05) is 12.1 Å². The number of ether oxygens (including phenoxy) is 1. The molecule has 1 aromatic heterocycles. The van der Waals surface area contributed by atoms with Gasteiger partial charge in [0.25, 0.3) is 5.91 Å². The van der Waals surface area contributed by atoms with Crippen LogP contribution in [0.5, 0.6) is 5.75 Å². The molecule has 6 nitrogen and oxygen atoms in total. The van der Waals surface area contributed by atoms with Gasteiger partial charge in [-0.3, -0.25) is 4.79 Å². The predicted octanol–water partition coefficient (Wildman–Crippen LogP) is 3.78. The van der Waals surface area contributed by atoms with Gasteiger partial charge in [0.15, 0.2) is 6.61 Å². The summed E-state index contributed by atoms with van der Waals surface area (Å²) >= 11 is 0. The molecular formula is C21H23N3O3. The lowest BCUT2D eigenvalue weighted by Crippen LogP contribution is -2.34. The van der Waals surface area contributed by atoms with Crippen molar-refractivity contribution < 1.29 is 14.1 Å². The molecule has 0 aliphatic carbocycles. The Morgan fingerprint density at radius 2 is 1.81 bits per heavy atom. The lowest BCUT2D eigenvalue weighted by Gasteiger charge is -2.19. The van der Waals surface area contributed by atoms with E-state index in [4.69, 9.17) is 9.26 Å². The molecule has 0 aliphatic rings. The lowest BCUT2D eigenvalue weighted by molar-refractivity contribution is -0.134. The summed E-state index contributed by atoms with van der Waals surface area (Å²) in [4.78, 5) is 18.5. The highest BCUT2D eigenvalue weighted by Gasteiger charge is 2.17. The quantitative estimate of drug-likeness (QED) is 0.637. The van der Waals surface area contributed by atoms with Gasteiger partial charge in [-0.25, -0.2) is 0 Å². The second kappa shape index (κ2) is 8.49. The summed E-state index contributed by atoms with van der Waals surface area (Å²) in [6, 6.07) is 15.5. The third-order valence-corrected chi connectivity index (χ3v) is 4.12. The molecule has 0 atom stereocenters. The number of carbonyl (C=O) groups excluding carboxylic acids is 1. The zero-order valence-corrected chi connectivity index (χ0v) is 15.8. The molecule has 0 spiro atoms. The summed E-state index contributed by atoms with van der Waals surface area (Å²) in [5, 5.41) is 3.99. The van der Waals surface area contributed by atoms with Crippen molar-refractivity contribution in [3.05, 3.63) is 65.5 Å². The van der Waals surface area contributed by atoms with E-state index in [9.17, 15) is 4.79 Å². The zero-order valence-electron chi connectivity index (χ0n) is 15.8. The predicted molar refractivity (Wildman–Crippen MR) is 102 cm³/mol. The molecule has 0 saturated carbocycles. The van der Waals surface area contributed by atoms with Crippen LogP contribution < -0.4 is 4.74 Å². The zero-order chi connectivity index (χ0) is 19.2. The van der Waals surface area contributed by atoms with Gasteiger partial charge in [0.2, 0.25) is 11.7 Å². The number of hydrogen-bond acceptors (Lipinski definition) is 5. The summed E-state index contributed by atoms with van der Waals surface area (Å²) in [6.07, 6.45) is 0. The van der Waals surface area contributed by atoms with Crippen LogP contribution in [0.3, 0.4) is 0 Å². The van der Waals surface area contributed by atoms with Gasteiger partial charge in [0.05, 0.1) is 0 Å². The highest BCUT2D eigenvalue weighted by molar-refractivity contribution is 5.77. The summed E-state index contributed by atoms with van der Waals surface area (Å²) in [6.45, 7) is 6.66. The number of amides is 1. The number of benzene rings is 2. The molecule has 1 heterocycles. The minimum absolute atomic E-state index is 0.0313. The summed E-state index contributed by atoms with van der Waals surface area (Å²) in [5.41, 5.74) is 3.08. The lowest BCUT2D eigenvalue weighted by atomic mass is 10.1. The third-order valence-electron chi connectivity index (χ3n) is 4.12. The first kappa shape index (κ1) is 18.6. The molecule has 2 aromatic carbocycles. The monoisotopic (exact) mass is 365 g/mol. The topological polar surface area (TPSA) is 68.5 Å². The van der Waals surface area contributed by atoms with Crippen LogP contribution in [0.1, 0.15) is 23.9 Å². The molecule has 6 heteroatoms. The number of aromatic nitrogens is 2. The third kappa shape index (κ3) is 4.94. The molecule has 0 aliphatic heterocycles. The Balaban J connectivity index is 1.61. The molecule has 140 valence electrons. The Labute approximate surface area is 158 Å². The van der Waals surface area contributed by atoms with Crippen LogP contribution in [0, 0.1) is 13.8 Å². The van der Waals surface area contributed by atoms with Crippen molar-refractivity contribution in [2.45, 2.75) is 27.3 Å². The van der Waals surface area contributed by atoms with Crippen LogP contribution in [-0.2, 0) is 11.3 Å². The molecular weight excluding hydrogens is 342 g/mol. The standard InChI is InChI=1S/C21H23N3O3/c1-4-24(20(25)14-26-18-11-15(2)10-16(3)12-18)13-19-22-21(23-27-19)17-8-6-5-7-9-17/h5-12H,4,13-14H2,1-3H3. The maximum Gasteiger partial charge on any atom is 0.260 e. The molecule has 0 unspecified atom stereocenters. The number of hydrogen-bond donors (Lipinski definition) is 0. The van der Waals surface area contributed by atoms with Crippen LogP contribution >= 0.6 is 0 Å². The second-order valence-electron chi connectivity index (χ2n) is 6.40. The Hall–Kier alpha value is -3.15. The fraction of sp³-hybridized carbons (Fsp3) is 0.286. The average molecular weight is 365 g/mol. The number of rotatable bonds is 7. The van der Waals surface area contributed by atoms with Crippen molar-refractivity contribution in [3.63, 3.8) is 0 Å². The van der Waals surface area contributed by atoms with Crippen molar-refractivity contribution in [1.29, 1.82) is 0 Å². The van der Waals surface area contributed by atoms with E-state index >= 15 is 0 Å². The van der Waals surface area contributed by atoms with Crippen LogP contribution in [-0.4, -0.2) is 34.1 Å². The Morgan fingerprint density at radius 1 is 1.11 bits per heavy atom. The maximum atomic E-state index is 12.5. The number of nitrogens with zero attached hydrogens (tertiary/aromatic N) is 3. The van der Waals surface area contributed by atoms with E-state index in [0.29, 0.717) is 24.0 Å². The first-order valence-corrected chi connectivity index (χ1v) is 8.92. The van der Waals surface area contributed by atoms with E-state index in [1.54, 1.807) is 4.90 Å². The summed E-state index contributed by atoms with van der Waals surface area (Å²) < 4.78 is 11.0. The Bertz CT molecular complexity index is 886. The van der Waals surface area contributed by atoms with Crippen molar-refractivity contribution in [2.24, 2.45) is 0 Å². The average Bonchev–Trinajstić information content (AvgIpc) is 3.13. The Morgan fingerprint density at radius 3 is 2.48 bits per heavy atom. The highest BCUT2D eigenvalue weighted by atomic mass is 16.5. The van der Waals surface area contributed by atoms with Crippen LogP contribution in [0.2, 0.25) is 0 Å². The van der Waals surface area contributed by atoms with E-state index in [1.807, 2.05) is 63.2 Å². The maximum absolute atomic E-state index is 12.5.